The normalized spacial score (nSPS) is 11.5. The van der Waals surface area contributed by atoms with E-state index in [2.05, 4.69) is 95.9 Å². The monoisotopic (exact) mass is 327 g/mol. The van der Waals surface area contributed by atoms with E-state index in [1.54, 1.807) is 0 Å². The highest BCUT2D eigenvalue weighted by atomic mass is 31.0. The molecule has 4 rings (SSSR count). The van der Waals surface area contributed by atoms with Crippen LogP contribution < -0.4 is 0 Å². The third-order valence-corrected chi connectivity index (χ3v) is 5.20. The number of hydrogen-bond acceptors (Lipinski definition) is 0. The molecule has 0 saturated carbocycles. The molecule has 117 valence electrons. The van der Waals surface area contributed by atoms with Gasteiger partial charge in [0.2, 0.25) is 0 Å². The Morgan fingerprint density at radius 1 is 0.667 bits per heavy atom. The van der Waals surface area contributed by atoms with E-state index in [1.165, 1.54) is 49.5 Å². The first-order valence-electron chi connectivity index (χ1n) is 8.25. The minimum Gasteiger partial charge on any atom is -0.120 e. The lowest BCUT2D eigenvalue weighted by atomic mass is 9.91. The summed E-state index contributed by atoms with van der Waals surface area (Å²) in [6.45, 7) is 4.32. The standard InChI is InChI=1S/C23H20P/c1-15-11-16(2)13-19(12-15)23(24)22-20-9-5-3-7-17(20)14-18-8-4-6-10-21(18)22/h3-14H,24H2,1-2H3. The Labute approximate surface area is 145 Å². The van der Waals surface area contributed by atoms with Gasteiger partial charge in [-0.25, -0.2) is 0 Å². The molecule has 0 aliphatic heterocycles. The van der Waals surface area contributed by atoms with E-state index in [4.69, 9.17) is 0 Å². The fraction of sp³-hybridized carbons (Fsp3) is 0.0870. The maximum Gasteiger partial charge on any atom is 0.0527 e. The van der Waals surface area contributed by atoms with Gasteiger partial charge < -0.3 is 0 Å². The van der Waals surface area contributed by atoms with Gasteiger partial charge in [-0.05, 0) is 52.6 Å². The molecular formula is C23H20P. The molecule has 4 aromatic rings. The highest BCUT2D eigenvalue weighted by Crippen LogP contribution is 2.40. The molecule has 0 N–H and O–H groups in total. The van der Waals surface area contributed by atoms with E-state index < -0.39 is 0 Å². The van der Waals surface area contributed by atoms with E-state index in [1.807, 2.05) is 0 Å². The van der Waals surface area contributed by atoms with Gasteiger partial charge in [-0.15, -0.1) is 9.24 Å². The van der Waals surface area contributed by atoms with Gasteiger partial charge >= 0.3 is 0 Å². The lowest BCUT2D eigenvalue weighted by Crippen LogP contribution is -1.98. The number of benzene rings is 4. The zero-order chi connectivity index (χ0) is 16.7. The third kappa shape index (κ3) is 2.62. The summed E-state index contributed by atoms with van der Waals surface area (Å²) in [5.41, 5.74) is 6.46. The fourth-order valence-corrected chi connectivity index (χ4v) is 4.06. The quantitative estimate of drug-likeness (QED) is 0.295. The van der Waals surface area contributed by atoms with Crippen LogP contribution in [-0.4, -0.2) is 0 Å². The van der Waals surface area contributed by atoms with Gasteiger partial charge in [-0.1, -0.05) is 77.9 Å². The number of fused-ring (bicyclic) bond motifs is 2. The van der Waals surface area contributed by atoms with Gasteiger partial charge in [0.1, 0.15) is 0 Å². The van der Waals surface area contributed by atoms with Crippen LogP contribution in [0.1, 0.15) is 22.3 Å². The first-order chi connectivity index (χ1) is 11.6. The van der Waals surface area contributed by atoms with Crippen LogP contribution in [0.5, 0.6) is 0 Å². The summed E-state index contributed by atoms with van der Waals surface area (Å²) in [7, 11) is 2.99. The molecule has 0 spiro atoms. The molecule has 0 aromatic heterocycles. The van der Waals surface area contributed by atoms with Gasteiger partial charge in [0.25, 0.3) is 0 Å². The predicted molar refractivity (Wildman–Crippen MR) is 109 cm³/mol. The Kier molecular flexibility index (Phi) is 3.87. The van der Waals surface area contributed by atoms with E-state index in [-0.39, 0.29) is 0 Å². The minimum absolute atomic E-state index is 1.26. The van der Waals surface area contributed by atoms with Crippen molar-refractivity contribution in [2.24, 2.45) is 0 Å². The summed E-state index contributed by atoms with van der Waals surface area (Å²) in [6, 6.07) is 26.4. The van der Waals surface area contributed by atoms with Crippen LogP contribution in [0.25, 0.3) is 21.5 Å². The number of rotatable bonds is 2. The summed E-state index contributed by atoms with van der Waals surface area (Å²) in [6.07, 6.45) is 0. The van der Waals surface area contributed by atoms with Crippen molar-refractivity contribution in [3.8, 4) is 0 Å². The molecule has 0 amide bonds. The van der Waals surface area contributed by atoms with Crippen molar-refractivity contribution in [3.05, 3.63) is 101 Å². The smallest absolute Gasteiger partial charge is 0.0527 e. The molecule has 0 fully saturated rings. The molecule has 24 heavy (non-hydrogen) atoms. The van der Waals surface area contributed by atoms with Crippen molar-refractivity contribution in [1.82, 2.24) is 0 Å². The molecule has 0 nitrogen and oxygen atoms in total. The second-order valence-electron chi connectivity index (χ2n) is 6.48. The molecule has 0 heterocycles. The van der Waals surface area contributed by atoms with Crippen LogP contribution in [0.15, 0.2) is 72.8 Å². The van der Waals surface area contributed by atoms with Crippen molar-refractivity contribution < 1.29 is 0 Å². The van der Waals surface area contributed by atoms with E-state index in [9.17, 15) is 0 Å². The highest BCUT2D eigenvalue weighted by molar-refractivity contribution is 7.22. The van der Waals surface area contributed by atoms with E-state index in [0.717, 1.165) is 0 Å². The largest absolute Gasteiger partial charge is 0.120 e. The third-order valence-electron chi connectivity index (χ3n) is 4.57. The van der Waals surface area contributed by atoms with Crippen LogP contribution in [-0.2, 0) is 0 Å². The van der Waals surface area contributed by atoms with Crippen LogP contribution in [0.4, 0.5) is 0 Å². The van der Waals surface area contributed by atoms with Crippen LogP contribution in [0.3, 0.4) is 0 Å². The van der Waals surface area contributed by atoms with Gasteiger partial charge in [-0.3, -0.25) is 0 Å². The van der Waals surface area contributed by atoms with Crippen LogP contribution in [0.2, 0.25) is 0 Å². The van der Waals surface area contributed by atoms with Crippen molar-refractivity contribution in [1.29, 1.82) is 0 Å². The van der Waals surface area contributed by atoms with Gasteiger partial charge in [0.15, 0.2) is 0 Å². The SMILES string of the molecule is Cc1cc(C)cc([C](P)c2c3ccccc3cc3ccccc23)c1. The molecule has 1 radical (unpaired) electrons. The second kappa shape index (κ2) is 6.04. The van der Waals surface area contributed by atoms with E-state index in [0.29, 0.717) is 0 Å². The summed E-state index contributed by atoms with van der Waals surface area (Å²) < 4.78 is 0. The Morgan fingerprint density at radius 3 is 1.71 bits per heavy atom. The molecule has 1 unspecified atom stereocenters. The van der Waals surface area contributed by atoms with Gasteiger partial charge in [-0.2, -0.15) is 0 Å². The van der Waals surface area contributed by atoms with E-state index >= 15 is 0 Å². The summed E-state index contributed by atoms with van der Waals surface area (Å²) in [4.78, 5) is 0. The second-order valence-corrected chi connectivity index (χ2v) is 7.06. The molecule has 0 aliphatic carbocycles. The Hall–Kier alpha value is -2.17. The predicted octanol–water partition coefficient (Wildman–Crippen LogP) is 6.41. The first-order valence-corrected chi connectivity index (χ1v) is 8.83. The van der Waals surface area contributed by atoms with Crippen LogP contribution >= 0.6 is 9.24 Å². The Morgan fingerprint density at radius 2 is 1.17 bits per heavy atom. The summed E-state index contributed by atoms with van der Waals surface area (Å²) in [5.74, 6) is 0. The van der Waals surface area contributed by atoms with Crippen molar-refractivity contribution in [2.75, 3.05) is 0 Å². The molecular weight excluding hydrogens is 307 g/mol. The maximum atomic E-state index is 2.99. The fourth-order valence-electron chi connectivity index (χ4n) is 3.58. The Bertz CT molecular complexity index is 972. The summed E-state index contributed by atoms with van der Waals surface area (Å²) >= 11 is 0. The lowest BCUT2D eigenvalue weighted by molar-refractivity contribution is 1.32. The van der Waals surface area contributed by atoms with Crippen molar-refractivity contribution in [2.45, 2.75) is 13.8 Å². The topological polar surface area (TPSA) is 0 Å². The average molecular weight is 327 g/mol. The molecule has 0 saturated heterocycles. The van der Waals surface area contributed by atoms with Gasteiger partial charge in [0.05, 0.1) is 5.66 Å². The zero-order valence-electron chi connectivity index (χ0n) is 14.0. The first kappa shape index (κ1) is 15.4. The van der Waals surface area contributed by atoms with Crippen molar-refractivity contribution >= 4 is 30.8 Å². The number of hydrogen-bond donors (Lipinski definition) is 0. The zero-order valence-corrected chi connectivity index (χ0v) is 15.2. The Balaban J connectivity index is 2.05. The molecule has 4 aromatic carbocycles. The lowest BCUT2D eigenvalue weighted by Gasteiger charge is -2.19. The molecule has 1 atom stereocenters. The molecule has 0 bridgehead atoms. The summed E-state index contributed by atoms with van der Waals surface area (Å²) in [5, 5.41) is 5.19. The number of aryl methyl sites for hydroxylation is 2. The highest BCUT2D eigenvalue weighted by Gasteiger charge is 2.17. The maximum absolute atomic E-state index is 2.99. The minimum atomic E-state index is 1.26. The van der Waals surface area contributed by atoms with Crippen molar-refractivity contribution in [3.63, 3.8) is 0 Å². The molecule has 0 aliphatic rings. The van der Waals surface area contributed by atoms with Gasteiger partial charge in [0, 0.05) is 0 Å². The molecule has 1 heteroatoms. The average Bonchev–Trinajstić information content (AvgIpc) is 2.58. The van der Waals surface area contributed by atoms with Crippen LogP contribution in [0, 0.1) is 19.5 Å².